The summed E-state index contributed by atoms with van der Waals surface area (Å²) < 4.78 is 4.88. The number of fused-ring (bicyclic) bond motifs is 1. The third-order valence-electron chi connectivity index (χ3n) is 2.93. The molecule has 1 aromatic carbocycles. The predicted molar refractivity (Wildman–Crippen MR) is 71.3 cm³/mol. The molecule has 0 aliphatic rings. The first kappa shape index (κ1) is 13.1. The Bertz CT molecular complexity index is 640. The van der Waals surface area contributed by atoms with Gasteiger partial charge >= 0.3 is 5.97 Å². The molecule has 1 heterocycles. The molecule has 0 aliphatic carbocycles. The fraction of sp³-hybridized carbons (Fsp3) is 0.286. The second kappa shape index (κ2) is 5.55. The molecule has 0 fully saturated rings. The van der Waals surface area contributed by atoms with Gasteiger partial charge in [-0.05, 0) is 24.6 Å². The maximum atomic E-state index is 11.5. The average molecular weight is 257 g/mol. The number of hydrogen-bond acceptors (Lipinski definition) is 4. The topological polar surface area (TPSA) is 91.9 Å². The van der Waals surface area contributed by atoms with E-state index in [0.717, 1.165) is 16.5 Å². The summed E-state index contributed by atoms with van der Waals surface area (Å²) in [5.74, 6) is -0.398. The van der Waals surface area contributed by atoms with Gasteiger partial charge in [-0.3, -0.25) is 4.79 Å². The van der Waals surface area contributed by atoms with Gasteiger partial charge in [0.25, 0.3) is 0 Å². The number of esters is 1. The number of benzene rings is 1. The van der Waals surface area contributed by atoms with Crippen LogP contribution in [0.15, 0.2) is 24.4 Å². The van der Waals surface area contributed by atoms with E-state index in [1.54, 1.807) is 19.1 Å². The predicted octanol–water partition coefficient (Wildman–Crippen LogP) is 1.47. The molecule has 0 amide bonds. The lowest BCUT2D eigenvalue weighted by Crippen LogP contribution is -2.34. The summed E-state index contributed by atoms with van der Waals surface area (Å²) in [5, 5.41) is 9.81. The molecule has 0 saturated carbocycles. The molecule has 2 aromatic rings. The van der Waals surface area contributed by atoms with E-state index in [1.165, 1.54) is 0 Å². The van der Waals surface area contributed by atoms with Crippen molar-refractivity contribution >= 4 is 16.9 Å². The fourth-order valence-electron chi connectivity index (χ4n) is 1.99. The quantitative estimate of drug-likeness (QED) is 0.811. The van der Waals surface area contributed by atoms with E-state index in [9.17, 15) is 4.79 Å². The largest absolute Gasteiger partial charge is 0.465 e. The maximum Gasteiger partial charge on any atom is 0.323 e. The van der Waals surface area contributed by atoms with Gasteiger partial charge in [-0.2, -0.15) is 5.26 Å². The van der Waals surface area contributed by atoms with Crippen LogP contribution in [-0.4, -0.2) is 23.6 Å². The van der Waals surface area contributed by atoms with E-state index in [2.05, 4.69) is 11.1 Å². The summed E-state index contributed by atoms with van der Waals surface area (Å²) in [6.07, 6.45) is 2.22. The lowest BCUT2D eigenvalue weighted by Gasteiger charge is -2.09. The molecule has 2 rings (SSSR count). The normalized spacial score (nSPS) is 12.1. The van der Waals surface area contributed by atoms with E-state index >= 15 is 0 Å². The second-order valence-electron chi connectivity index (χ2n) is 4.25. The van der Waals surface area contributed by atoms with Crippen LogP contribution < -0.4 is 5.73 Å². The van der Waals surface area contributed by atoms with Crippen molar-refractivity contribution in [1.29, 1.82) is 5.26 Å². The molecule has 1 aromatic heterocycles. The Morgan fingerprint density at radius 2 is 2.37 bits per heavy atom. The van der Waals surface area contributed by atoms with Gasteiger partial charge in [-0.25, -0.2) is 0 Å². The lowest BCUT2D eigenvalue weighted by atomic mass is 10.0. The van der Waals surface area contributed by atoms with Crippen LogP contribution in [0.4, 0.5) is 0 Å². The summed E-state index contributed by atoms with van der Waals surface area (Å²) in [7, 11) is 0. The Morgan fingerprint density at radius 3 is 3.05 bits per heavy atom. The number of rotatable bonds is 4. The van der Waals surface area contributed by atoms with E-state index in [-0.39, 0.29) is 0 Å². The van der Waals surface area contributed by atoms with Gasteiger partial charge in [0.15, 0.2) is 0 Å². The number of ether oxygens (including phenoxy) is 1. The highest BCUT2D eigenvalue weighted by molar-refractivity contribution is 5.85. The highest BCUT2D eigenvalue weighted by atomic mass is 16.5. The first-order valence-corrected chi connectivity index (χ1v) is 6.08. The van der Waals surface area contributed by atoms with Gasteiger partial charge in [-0.1, -0.05) is 6.07 Å². The summed E-state index contributed by atoms with van der Waals surface area (Å²) in [6.45, 7) is 2.08. The zero-order valence-corrected chi connectivity index (χ0v) is 10.6. The molecule has 0 aliphatic heterocycles. The molecule has 0 saturated heterocycles. The third-order valence-corrected chi connectivity index (χ3v) is 2.93. The standard InChI is InChI=1S/C14H15N3O2/c1-2-19-14(18)12(16)6-10-8-17-13-5-9(7-15)3-4-11(10)13/h3-5,8,12,17H,2,6,16H2,1H3/t12-/m0/s1. The number of aromatic nitrogens is 1. The number of nitrogens with two attached hydrogens (primary N) is 1. The van der Waals surface area contributed by atoms with Crippen molar-refractivity contribution in [2.45, 2.75) is 19.4 Å². The number of aromatic amines is 1. The third kappa shape index (κ3) is 2.75. The first-order valence-electron chi connectivity index (χ1n) is 6.08. The Hall–Kier alpha value is -2.32. The molecule has 19 heavy (non-hydrogen) atoms. The molecule has 0 spiro atoms. The average Bonchev–Trinajstić information content (AvgIpc) is 2.81. The van der Waals surface area contributed by atoms with Gasteiger partial charge in [-0.15, -0.1) is 0 Å². The highest BCUT2D eigenvalue weighted by Gasteiger charge is 2.17. The van der Waals surface area contributed by atoms with Crippen molar-refractivity contribution in [3.05, 3.63) is 35.5 Å². The minimum absolute atomic E-state index is 0.325. The van der Waals surface area contributed by atoms with Crippen LogP contribution in [0.5, 0.6) is 0 Å². The molecular formula is C14H15N3O2. The maximum absolute atomic E-state index is 11.5. The van der Waals surface area contributed by atoms with Gasteiger partial charge in [0.05, 0.1) is 18.2 Å². The smallest absolute Gasteiger partial charge is 0.323 e. The van der Waals surface area contributed by atoms with Crippen LogP contribution in [0.2, 0.25) is 0 Å². The molecule has 5 nitrogen and oxygen atoms in total. The van der Waals surface area contributed by atoms with Crippen LogP contribution >= 0.6 is 0 Å². The molecule has 0 unspecified atom stereocenters. The molecule has 3 N–H and O–H groups in total. The summed E-state index contributed by atoms with van der Waals surface area (Å²) in [4.78, 5) is 14.6. The fourth-order valence-corrected chi connectivity index (χ4v) is 1.99. The summed E-state index contributed by atoms with van der Waals surface area (Å²) in [6, 6.07) is 6.79. The zero-order valence-electron chi connectivity index (χ0n) is 10.6. The molecule has 98 valence electrons. The number of carbonyl (C=O) groups excluding carboxylic acids is 1. The summed E-state index contributed by atoms with van der Waals surface area (Å²) in [5.41, 5.74) is 8.20. The van der Waals surface area contributed by atoms with Gasteiger partial charge in [0.1, 0.15) is 6.04 Å². The molecular weight excluding hydrogens is 242 g/mol. The van der Waals surface area contributed by atoms with Crippen molar-refractivity contribution < 1.29 is 9.53 Å². The van der Waals surface area contributed by atoms with Crippen LogP contribution in [0.25, 0.3) is 10.9 Å². The van der Waals surface area contributed by atoms with Crippen molar-refractivity contribution in [2.24, 2.45) is 5.73 Å². The molecule has 1 atom stereocenters. The Morgan fingerprint density at radius 1 is 1.58 bits per heavy atom. The van der Waals surface area contributed by atoms with Crippen LogP contribution in [0.3, 0.4) is 0 Å². The number of nitrogens with one attached hydrogen (secondary N) is 1. The van der Waals surface area contributed by atoms with Gasteiger partial charge in [0.2, 0.25) is 0 Å². The molecule has 0 radical (unpaired) electrons. The van der Waals surface area contributed by atoms with E-state index in [1.807, 2.05) is 12.3 Å². The van der Waals surface area contributed by atoms with Crippen LogP contribution in [0, 0.1) is 11.3 Å². The minimum atomic E-state index is -0.672. The second-order valence-corrected chi connectivity index (χ2v) is 4.25. The van der Waals surface area contributed by atoms with Crippen molar-refractivity contribution in [3.63, 3.8) is 0 Å². The lowest BCUT2D eigenvalue weighted by molar-refractivity contribution is -0.144. The zero-order chi connectivity index (χ0) is 13.8. The highest BCUT2D eigenvalue weighted by Crippen LogP contribution is 2.20. The number of nitriles is 1. The number of nitrogens with zero attached hydrogens (tertiary/aromatic N) is 1. The van der Waals surface area contributed by atoms with Gasteiger partial charge < -0.3 is 15.5 Å². The van der Waals surface area contributed by atoms with Crippen molar-refractivity contribution in [1.82, 2.24) is 4.98 Å². The van der Waals surface area contributed by atoms with Crippen LogP contribution in [0.1, 0.15) is 18.1 Å². The Kier molecular flexibility index (Phi) is 3.83. The monoisotopic (exact) mass is 257 g/mol. The molecule has 0 bridgehead atoms. The Balaban J connectivity index is 2.22. The number of carbonyl (C=O) groups is 1. The van der Waals surface area contributed by atoms with E-state index in [4.69, 9.17) is 15.7 Å². The SMILES string of the molecule is CCOC(=O)[C@@H](N)Cc1c[nH]c2cc(C#N)ccc12. The van der Waals surface area contributed by atoms with Crippen molar-refractivity contribution in [3.8, 4) is 6.07 Å². The van der Waals surface area contributed by atoms with Crippen LogP contribution in [-0.2, 0) is 16.0 Å². The molecule has 5 heteroatoms. The van der Waals surface area contributed by atoms with E-state index in [0.29, 0.717) is 18.6 Å². The first-order chi connectivity index (χ1) is 9.15. The van der Waals surface area contributed by atoms with E-state index < -0.39 is 12.0 Å². The van der Waals surface area contributed by atoms with Gasteiger partial charge in [0, 0.05) is 23.5 Å². The Labute approximate surface area is 111 Å². The van der Waals surface area contributed by atoms with Crippen molar-refractivity contribution in [2.75, 3.05) is 6.61 Å². The number of H-pyrrole nitrogens is 1. The minimum Gasteiger partial charge on any atom is -0.465 e. The number of hydrogen-bond donors (Lipinski definition) is 2. The summed E-state index contributed by atoms with van der Waals surface area (Å²) >= 11 is 0.